The van der Waals surface area contributed by atoms with Crippen LogP contribution in [0.4, 0.5) is 8.78 Å². The summed E-state index contributed by atoms with van der Waals surface area (Å²) in [5, 5.41) is 17.6. The third kappa shape index (κ3) is 8.82. The van der Waals surface area contributed by atoms with Crippen LogP contribution >= 0.6 is 0 Å². The number of nitrogens with zero attached hydrogens (tertiary/aromatic N) is 2. The number of aryl methyl sites for hydroxylation is 1. The van der Waals surface area contributed by atoms with Gasteiger partial charge in [0.15, 0.2) is 0 Å². The van der Waals surface area contributed by atoms with Crippen molar-refractivity contribution >= 4 is 17.7 Å². The van der Waals surface area contributed by atoms with E-state index in [9.17, 15) is 28.3 Å². The zero-order chi connectivity index (χ0) is 31.0. The van der Waals surface area contributed by atoms with E-state index in [1.165, 1.54) is 6.07 Å². The number of amides is 3. The Labute approximate surface area is 247 Å². The summed E-state index contributed by atoms with van der Waals surface area (Å²) in [6.07, 6.45) is 0.357. The number of aliphatic hydroxyl groups excluding tert-OH is 1. The third-order valence-corrected chi connectivity index (χ3v) is 7.39. The second kappa shape index (κ2) is 15.2. The normalized spacial score (nSPS) is 16.7. The summed E-state index contributed by atoms with van der Waals surface area (Å²) in [6, 6.07) is 6.48. The van der Waals surface area contributed by atoms with E-state index in [1.54, 1.807) is 28.9 Å². The van der Waals surface area contributed by atoms with Gasteiger partial charge in [-0.25, -0.2) is 8.78 Å². The number of nitrogens with one attached hydrogen (secondary N) is 2. The summed E-state index contributed by atoms with van der Waals surface area (Å²) < 4.78 is 28.1. The number of piperazine rings is 1. The minimum Gasteiger partial charge on any atom is -0.389 e. The second-order valence-electron chi connectivity index (χ2n) is 11.4. The van der Waals surface area contributed by atoms with Crippen LogP contribution < -0.4 is 10.6 Å². The maximum atomic E-state index is 14.0. The summed E-state index contributed by atoms with van der Waals surface area (Å²) >= 11 is 0. The Morgan fingerprint density at radius 3 is 2.24 bits per heavy atom. The molecule has 42 heavy (non-hydrogen) atoms. The molecule has 2 aromatic carbocycles. The van der Waals surface area contributed by atoms with Gasteiger partial charge in [0.2, 0.25) is 5.91 Å². The van der Waals surface area contributed by atoms with Crippen molar-refractivity contribution in [2.24, 2.45) is 5.92 Å². The third-order valence-electron chi connectivity index (χ3n) is 7.39. The zero-order valence-corrected chi connectivity index (χ0v) is 25.3. The molecule has 3 amide bonds. The highest BCUT2D eigenvalue weighted by Gasteiger charge is 2.34. The van der Waals surface area contributed by atoms with Crippen LogP contribution in [0.1, 0.15) is 72.4 Å². The Kier molecular flexibility index (Phi) is 12.0. The molecular weight excluding hydrogens is 542 g/mol. The van der Waals surface area contributed by atoms with Crippen LogP contribution in [0.25, 0.3) is 0 Å². The van der Waals surface area contributed by atoms with Gasteiger partial charge in [0, 0.05) is 55.8 Å². The molecule has 10 heteroatoms. The van der Waals surface area contributed by atoms with Gasteiger partial charge < -0.3 is 25.5 Å². The maximum absolute atomic E-state index is 14.0. The molecule has 3 rings (SSSR count). The predicted molar refractivity (Wildman–Crippen MR) is 158 cm³/mol. The summed E-state index contributed by atoms with van der Waals surface area (Å²) in [4.78, 5) is 42.9. The van der Waals surface area contributed by atoms with Crippen LogP contribution in [-0.4, -0.2) is 83.5 Å². The molecule has 0 aromatic heterocycles. The van der Waals surface area contributed by atoms with Crippen molar-refractivity contribution in [3.8, 4) is 0 Å². The topological polar surface area (TPSA) is 102 Å². The molecule has 0 aliphatic carbocycles. The molecule has 8 nitrogen and oxygen atoms in total. The van der Waals surface area contributed by atoms with Crippen LogP contribution in [0.15, 0.2) is 36.4 Å². The first-order valence-corrected chi connectivity index (χ1v) is 14.8. The number of rotatable bonds is 12. The number of hydrogen-bond donors (Lipinski definition) is 3. The lowest BCUT2D eigenvalue weighted by molar-refractivity contribution is -0.136. The average molecular weight is 587 g/mol. The zero-order valence-electron chi connectivity index (χ0n) is 25.3. The number of hydrogen-bond acceptors (Lipinski definition) is 5. The molecule has 1 aliphatic rings. The first-order valence-electron chi connectivity index (χ1n) is 14.8. The molecule has 230 valence electrons. The lowest BCUT2D eigenvalue weighted by atomic mass is 9.94. The Morgan fingerprint density at radius 1 is 1.02 bits per heavy atom. The van der Waals surface area contributed by atoms with Gasteiger partial charge >= 0.3 is 0 Å². The van der Waals surface area contributed by atoms with E-state index in [-0.39, 0.29) is 41.8 Å². The molecule has 2 aromatic rings. The van der Waals surface area contributed by atoms with Crippen molar-refractivity contribution in [2.75, 3.05) is 32.7 Å². The quantitative estimate of drug-likeness (QED) is 0.352. The van der Waals surface area contributed by atoms with Gasteiger partial charge in [-0.05, 0) is 67.6 Å². The van der Waals surface area contributed by atoms with E-state index in [2.05, 4.69) is 10.6 Å². The molecule has 3 atom stereocenters. The fraction of sp³-hybridized carbons (Fsp3) is 0.531. The molecule has 1 unspecified atom stereocenters. The second-order valence-corrected chi connectivity index (χ2v) is 11.4. The summed E-state index contributed by atoms with van der Waals surface area (Å²) in [6.45, 7) is 11.8. The molecule has 3 N–H and O–H groups in total. The molecule has 1 heterocycles. The van der Waals surface area contributed by atoms with E-state index in [0.717, 1.165) is 36.6 Å². The van der Waals surface area contributed by atoms with Crippen molar-refractivity contribution in [3.63, 3.8) is 0 Å². The number of carbonyl (C=O) groups excluding carboxylic acids is 3. The number of carbonyl (C=O) groups is 3. The van der Waals surface area contributed by atoms with E-state index in [4.69, 9.17) is 0 Å². The Morgan fingerprint density at radius 2 is 1.64 bits per heavy atom. The first kappa shape index (κ1) is 33.1. The highest BCUT2D eigenvalue weighted by Crippen LogP contribution is 2.18. The van der Waals surface area contributed by atoms with E-state index >= 15 is 0 Å². The number of aliphatic hydroxyl groups is 1. The summed E-state index contributed by atoms with van der Waals surface area (Å²) in [7, 11) is 0. The minimum absolute atomic E-state index is 0.0429. The van der Waals surface area contributed by atoms with Crippen molar-refractivity contribution in [2.45, 2.75) is 72.1 Å². The first-order chi connectivity index (χ1) is 19.9. The fourth-order valence-corrected chi connectivity index (χ4v) is 5.42. The van der Waals surface area contributed by atoms with Gasteiger partial charge in [-0.15, -0.1) is 0 Å². The maximum Gasteiger partial charge on any atom is 0.253 e. The van der Waals surface area contributed by atoms with Crippen molar-refractivity contribution in [1.82, 2.24) is 20.4 Å². The number of halogens is 2. The summed E-state index contributed by atoms with van der Waals surface area (Å²) in [5.74, 6) is -2.48. The Bertz CT molecular complexity index is 1230. The van der Waals surface area contributed by atoms with Crippen LogP contribution in [0, 0.1) is 24.5 Å². The van der Waals surface area contributed by atoms with E-state index in [1.807, 2.05) is 27.7 Å². The van der Waals surface area contributed by atoms with Crippen molar-refractivity contribution < 1.29 is 28.3 Å². The van der Waals surface area contributed by atoms with Crippen LogP contribution in [0.5, 0.6) is 0 Å². The van der Waals surface area contributed by atoms with Crippen molar-refractivity contribution in [1.29, 1.82) is 0 Å². The van der Waals surface area contributed by atoms with Gasteiger partial charge in [-0.3, -0.25) is 14.4 Å². The van der Waals surface area contributed by atoms with Gasteiger partial charge in [-0.1, -0.05) is 27.7 Å². The van der Waals surface area contributed by atoms with Crippen LogP contribution in [0.2, 0.25) is 0 Å². The molecule has 1 aliphatic heterocycles. The minimum atomic E-state index is -1.20. The monoisotopic (exact) mass is 586 g/mol. The largest absolute Gasteiger partial charge is 0.389 e. The average Bonchev–Trinajstić information content (AvgIpc) is 2.94. The van der Waals surface area contributed by atoms with Gasteiger partial charge in [0.25, 0.3) is 11.8 Å². The molecule has 0 radical (unpaired) electrons. The Balaban J connectivity index is 1.90. The van der Waals surface area contributed by atoms with Crippen LogP contribution in [-0.2, 0) is 11.2 Å². The standard InChI is InChI=1S/C32H44F2N4O4/c1-6-9-37(10-7-2)32(42)24-13-21(5)12-23(17-24)30(40)36-27(16-22-14-25(33)18-26(34)15-22)29(39)28-19-38(11-8-35-28)31(41)20(3)4/h12-15,17-18,20,27-29,35,39H,6-11,16,19H2,1-5H3,(H,36,40)/t27-,28+,29?/m0/s1. The lowest BCUT2D eigenvalue weighted by Crippen LogP contribution is -2.62. The lowest BCUT2D eigenvalue weighted by Gasteiger charge is -2.39. The van der Waals surface area contributed by atoms with Gasteiger partial charge in [0.05, 0.1) is 18.2 Å². The van der Waals surface area contributed by atoms with E-state index < -0.39 is 35.7 Å². The van der Waals surface area contributed by atoms with Gasteiger partial charge in [0.1, 0.15) is 11.6 Å². The molecule has 0 bridgehead atoms. The highest BCUT2D eigenvalue weighted by atomic mass is 19.1. The fourth-order valence-electron chi connectivity index (χ4n) is 5.42. The molecular formula is C32H44F2N4O4. The molecule has 1 fully saturated rings. The van der Waals surface area contributed by atoms with Gasteiger partial charge in [-0.2, -0.15) is 0 Å². The number of benzene rings is 2. The molecule has 1 saturated heterocycles. The SMILES string of the molecule is CCCN(CCC)C(=O)c1cc(C)cc(C(=O)N[C@@H](Cc2cc(F)cc(F)c2)C(O)[C@H]2CN(C(=O)C(C)C)CCN2)c1. The predicted octanol–water partition coefficient (Wildman–Crippen LogP) is 3.69. The molecule has 0 spiro atoms. The van der Waals surface area contributed by atoms with Crippen LogP contribution in [0.3, 0.4) is 0 Å². The molecule has 0 saturated carbocycles. The Hall–Kier alpha value is -3.37. The van der Waals surface area contributed by atoms with E-state index in [0.29, 0.717) is 31.7 Å². The smallest absolute Gasteiger partial charge is 0.253 e. The van der Waals surface area contributed by atoms with Crippen molar-refractivity contribution in [3.05, 3.63) is 70.3 Å². The summed E-state index contributed by atoms with van der Waals surface area (Å²) in [5.41, 5.74) is 1.61. The highest BCUT2D eigenvalue weighted by molar-refractivity contribution is 6.00.